The van der Waals surface area contributed by atoms with Crippen LogP contribution < -0.4 is 27.4 Å². The summed E-state index contributed by atoms with van der Waals surface area (Å²) in [6.07, 6.45) is -0.200. The van der Waals surface area contributed by atoms with Crippen LogP contribution in [0.25, 0.3) is 0 Å². The lowest BCUT2D eigenvalue weighted by Crippen LogP contribution is -2.53. The van der Waals surface area contributed by atoms with Gasteiger partial charge in [-0.1, -0.05) is 0 Å². The molecule has 5 amide bonds. The smallest absolute Gasteiger partial charge is 0.243 e. The Hall–Kier alpha value is -3.97. The summed E-state index contributed by atoms with van der Waals surface area (Å²) in [4.78, 5) is 81.8. The van der Waals surface area contributed by atoms with E-state index in [0.717, 1.165) is 0 Å². The second kappa shape index (κ2) is 14.9. The first-order chi connectivity index (χ1) is 15.4. The molecule has 1 unspecified atom stereocenters. The monoisotopic (exact) mass is 467 g/mol. The molecule has 14 heteroatoms. The molecule has 0 aliphatic carbocycles. The van der Waals surface area contributed by atoms with E-state index in [4.69, 9.17) is 22.3 Å². The van der Waals surface area contributed by atoms with Gasteiger partial charge in [-0.25, -0.2) is 0 Å². The standard InChI is InChI=1S/C19H29N7O7/c1-10(27)24-13(17(22)31)6-7-16(30)25-15(5-3-12(29)9-21)19(33)26-14(18(23)32)4-2-11(28)8-20/h8-9,13-15,20-21H,2-7H2,1H3,(H2,22,31)(H2,23,32)(H,24,27)(H,25,30)(H,26,33)/t13-,14?,15-/m0/s1. The Kier molecular flexibility index (Phi) is 13.1. The molecule has 14 nitrogen and oxygen atoms in total. The maximum atomic E-state index is 12.6. The van der Waals surface area contributed by atoms with Crippen molar-refractivity contribution in [1.29, 1.82) is 10.8 Å². The minimum atomic E-state index is -1.30. The van der Waals surface area contributed by atoms with E-state index in [9.17, 15) is 33.6 Å². The second-order valence-corrected chi connectivity index (χ2v) is 7.08. The SMILES string of the molecule is CC(=O)N[C@@H](CCC(=O)N[C@@H](CCC(=O)C=N)C(=O)NC(CCC(=O)C=N)C(N)=O)C(N)=O. The minimum Gasteiger partial charge on any atom is -0.368 e. The summed E-state index contributed by atoms with van der Waals surface area (Å²) in [5.74, 6) is -5.08. The van der Waals surface area contributed by atoms with Crippen LogP contribution in [0.15, 0.2) is 0 Å². The van der Waals surface area contributed by atoms with Crippen LogP contribution >= 0.6 is 0 Å². The molecule has 0 radical (unpaired) electrons. The molecule has 0 heterocycles. The molecule has 0 bridgehead atoms. The van der Waals surface area contributed by atoms with Gasteiger partial charge in [0.25, 0.3) is 0 Å². The lowest BCUT2D eigenvalue weighted by atomic mass is 10.0. The van der Waals surface area contributed by atoms with Crippen LogP contribution in [-0.4, -0.2) is 71.7 Å². The molecule has 0 aromatic rings. The lowest BCUT2D eigenvalue weighted by Gasteiger charge is -2.22. The molecule has 3 atom stereocenters. The van der Waals surface area contributed by atoms with Crippen LogP contribution in [-0.2, 0) is 33.6 Å². The first kappa shape index (κ1) is 29.0. The van der Waals surface area contributed by atoms with Gasteiger partial charge in [0.2, 0.25) is 29.5 Å². The number of amides is 5. The van der Waals surface area contributed by atoms with Gasteiger partial charge in [-0.2, -0.15) is 0 Å². The number of nitrogens with one attached hydrogen (secondary N) is 5. The van der Waals surface area contributed by atoms with Crippen molar-refractivity contribution in [2.45, 2.75) is 63.6 Å². The van der Waals surface area contributed by atoms with Gasteiger partial charge in [0.15, 0.2) is 11.6 Å². The summed E-state index contributed by atoms with van der Waals surface area (Å²) in [7, 11) is 0. The number of Topliss-reactive ketones (excluding diaryl/α,β-unsaturated/α-hetero) is 2. The van der Waals surface area contributed by atoms with Gasteiger partial charge < -0.3 is 38.2 Å². The van der Waals surface area contributed by atoms with Gasteiger partial charge in [0.05, 0.1) is 12.4 Å². The van der Waals surface area contributed by atoms with Crippen molar-refractivity contribution >= 4 is 53.5 Å². The molecule has 0 aromatic heterocycles. The maximum absolute atomic E-state index is 12.6. The molecule has 0 aromatic carbocycles. The lowest BCUT2D eigenvalue weighted by molar-refractivity contribution is -0.132. The zero-order chi connectivity index (χ0) is 25.6. The Labute approximate surface area is 189 Å². The van der Waals surface area contributed by atoms with E-state index in [0.29, 0.717) is 12.4 Å². The molecule has 9 N–H and O–H groups in total. The Morgan fingerprint density at radius 1 is 0.697 bits per heavy atom. The summed E-state index contributed by atoms with van der Waals surface area (Å²) in [5, 5.41) is 20.8. The second-order valence-electron chi connectivity index (χ2n) is 7.08. The number of ketones is 2. The van der Waals surface area contributed by atoms with E-state index in [2.05, 4.69) is 16.0 Å². The zero-order valence-electron chi connectivity index (χ0n) is 18.1. The Morgan fingerprint density at radius 3 is 1.55 bits per heavy atom. The highest BCUT2D eigenvalue weighted by Crippen LogP contribution is 2.05. The predicted octanol–water partition coefficient (Wildman–Crippen LogP) is -2.79. The van der Waals surface area contributed by atoms with E-state index in [1.165, 1.54) is 6.92 Å². The Bertz CT molecular complexity index is 812. The summed E-state index contributed by atoms with van der Waals surface area (Å²) in [6.45, 7) is 1.17. The first-order valence-electron chi connectivity index (χ1n) is 9.93. The molecule has 0 aliphatic heterocycles. The Balaban J connectivity index is 5.25. The van der Waals surface area contributed by atoms with E-state index in [-0.39, 0.29) is 38.5 Å². The summed E-state index contributed by atoms with van der Waals surface area (Å²) in [5.41, 5.74) is 10.4. The fraction of sp³-hybridized carbons (Fsp3) is 0.526. The van der Waals surface area contributed by atoms with Crippen LogP contribution in [0.4, 0.5) is 0 Å². The molecule has 0 rings (SSSR count). The fourth-order valence-electron chi connectivity index (χ4n) is 2.62. The van der Waals surface area contributed by atoms with E-state index in [1.54, 1.807) is 0 Å². The number of carbonyl (C=O) groups excluding carboxylic acids is 7. The number of nitrogens with two attached hydrogens (primary N) is 2. The number of hydrogen-bond donors (Lipinski definition) is 7. The van der Waals surface area contributed by atoms with E-state index >= 15 is 0 Å². The van der Waals surface area contributed by atoms with Crippen molar-refractivity contribution in [3.05, 3.63) is 0 Å². The first-order valence-corrected chi connectivity index (χ1v) is 9.93. The topological polar surface area (TPSA) is 255 Å². The highest BCUT2D eigenvalue weighted by Gasteiger charge is 2.27. The van der Waals surface area contributed by atoms with Gasteiger partial charge in [0, 0.05) is 26.2 Å². The highest BCUT2D eigenvalue weighted by molar-refractivity contribution is 6.26. The van der Waals surface area contributed by atoms with Gasteiger partial charge >= 0.3 is 0 Å². The summed E-state index contributed by atoms with van der Waals surface area (Å²) in [6, 6.07) is -3.67. The van der Waals surface area contributed by atoms with Crippen molar-refractivity contribution in [3.8, 4) is 0 Å². The van der Waals surface area contributed by atoms with Gasteiger partial charge in [-0.15, -0.1) is 0 Å². The molecular weight excluding hydrogens is 438 g/mol. The molecule has 0 aliphatic rings. The largest absolute Gasteiger partial charge is 0.368 e. The van der Waals surface area contributed by atoms with Gasteiger partial charge in [-0.05, 0) is 19.3 Å². The number of primary amides is 2. The maximum Gasteiger partial charge on any atom is 0.243 e. The number of carbonyl (C=O) groups is 7. The molecular formula is C19H29N7O7. The van der Waals surface area contributed by atoms with Crippen molar-refractivity contribution in [1.82, 2.24) is 16.0 Å². The summed E-state index contributed by atoms with van der Waals surface area (Å²) < 4.78 is 0. The average molecular weight is 467 g/mol. The molecule has 0 fully saturated rings. The average Bonchev–Trinajstić information content (AvgIpc) is 2.75. The van der Waals surface area contributed by atoms with Gasteiger partial charge in [0.1, 0.15) is 18.1 Å². The number of hydrogen-bond acceptors (Lipinski definition) is 9. The molecule has 0 spiro atoms. The molecule has 0 saturated carbocycles. The van der Waals surface area contributed by atoms with E-state index in [1.807, 2.05) is 0 Å². The third-order valence-electron chi connectivity index (χ3n) is 4.37. The third kappa shape index (κ3) is 12.5. The third-order valence-corrected chi connectivity index (χ3v) is 4.37. The van der Waals surface area contributed by atoms with Crippen molar-refractivity contribution in [2.24, 2.45) is 11.5 Å². The molecule has 182 valence electrons. The van der Waals surface area contributed by atoms with Crippen LogP contribution in [0, 0.1) is 10.8 Å². The highest BCUT2D eigenvalue weighted by atomic mass is 16.2. The van der Waals surface area contributed by atoms with Crippen molar-refractivity contribution < 1.29 is 33.6 Å². The van der Waals surface area contributed by atoms with E-state index < -0.39 is 59.2 Å². The van der Waals surface area contributed by atoms with Crippen LogP contribution in [0.5, 0.6) is 0 Å². The number of rotatable bonds is 17. The minimum absolute atomic E-state index is 0.149. The van der Waals surface area contributed by atoms with Crippen LogP contribution in [0.2, 0.25) is 0 Å². The molecule has 0 saturated heterocycles. The predicted molar refractivity (Wildman–Crippen MR) is 115 cm³/mol. The van der Waals surface area contributed by atoms with Crippen molar-refractivity contribution in [2.75, 3.05) is 0 Å². The molecule has 33 heavy (non-hydrogen) atoms. The quantitative estimate of drug-likeness (QED) is 0.110. The van der Waals surface area contributed by atoms with Crippen molar-refractivity contribution in [3.63, 3.8) is 0 Å². The zero-order valence-corrected chi connectivity index (χ0v) is 18.1. The fourth-order valence-corrected chi connectivity index (χ4v) is 2.62. The normalized spacial score (nSPS) is 12.9. The summed E-state index contributed by atoms with van der Waals surface area (Å²) >= 11 is 0. The van der Waals surface area contributed by atoms with Crippen LogP contribution in [0.3, 0.4) is 0 Å². The van der Waals surface area contributed by atoms with Gasteiger partial charge in [-0.3, -0.25) is 33.6 Å². The Morgan fingerprint density at radius 2 is 1.12 bits per heavy atom. The van der Waals surface area contributed by atoms with Crippen LogP contribution in [0.1, 0.15) is 45.4 Å².